The molecule has 8 heteroatoms. The van der Waals surface area contributed by atoms with Crippen LogP contribution >= 0.6 is 0 Å². The summed E-state index contributed by atoms with van der Waals surface area (Å²) in [5.74, 6) is 1.42. The largest absolute Gasteiger partial charge is 0.492 e. The maximum Gasteiger partial charge on any atom is 0.492 e. The van der Waals surface area contributed by atoms with Crippen molar-refractivity contribution < 1.29 is 28.3 Å². The molecule has 164 valence electrons. The molecular formula is C22H32BNO6. The molecular weight excluding hydrogens is 385 g/mol. The molecule has 1 fully saturated rings. The summed E-state index contributed by atoms with van der Waals surface area (Å²) in [6.07, 6.45) is 1.45. The fourth-order valence-electron chi connectivity index (χ4n) is 3.05. The number of fused-ring (bicyclic) bond motifs is 1. The third-order valence-corrected chi connectivity index (χ3v) is 5.31. The lowest BCUT2D eigenvalue weighted by atomic mass is 9.77. The predicted octanol–water partition coefficient (Wildman–Crippen LogP) is 4.00. The molecule has 0 atom stereocenters. The average Bonchev–Trinajstić information content (AvgIpc) is 2.84. The van der Waals surface area contributed by atoms with E-state index in [1.807, 2.05) is 72.7 Å². The zero-order valence-corrected chi connectivity index (χ0v) is 19.0. The highest BCUT2D eigenvalue weighted by Gasteiger charge is 2.52. The van der Waals surface area contributed by atoms with Crippen molar-refractivity contribution >= 4 is 19.3 Å². The molecule has 1 saturated heterocycles. The number of hydrogen-bond acceptors (Lipinski definition) is 6. The highest BCUT2D eigenvalue weighted by Crippen LogP contribution is 2.39. The maximum absolute atomic E-state index is 12.2. The van der Waals surface area contributed by atoms with E-state index in [-0.39, 0.29) is 6.54 Å². The van der Waals surface area contributed by atoms with Crippen LogP contribution in [0, 0.1) is 0 Å². The lowest BCUT2D eigenvalue weighted by molar-refractivity contribution is 0.00578. The van der Waals surface area contributed by atoms with Crippen LogP contribution < -0.4 is 14.8 Å². The van der Waals surface area contributed by atoms with Crippen LogP contribution in [-0.2, 0) is 14.0 Å². The van der Waals surface area contributed by atoms with E-state index in [0.717, 1.165) is 16.8 Å². The van der Waals surface area contributed by atoms with E-state index in [1.165, 1.54) is 0 Å². The Morgan fingerprint density at radius 2 is 1.70 bits per heavy atom. The number of nitrogens with one attached hydrogen (secondary N) is 1. The van der Waals surface area contributed by atoms with Gasteiger partial charge in [0.05, 0.1) is 11.2 Å². The van der Waals surface area contributed by atoms with E-state index in [9.17, 15) is 4.79 Å². The molecule has 3 rings (SSSR count). The molecule has 0 unspecified atom stereocenters. The molecule has 7 nitrogen and oxygen atoms in total. The number of alkyl carbamates (subject to hydrolysis) is 1. The van der Waals surface area contributed by atoms with Crippen molar-refractivity contribution in [3.8, 4) is 11.5 Å². The van der Waals surface area contributed by atoms with E-state index < -0.39 is 30.0 Å². The highest BCUT2D eigenvalue weighted by molar-refractivity contribution is 6.56. The fraction of sp³-hybridized carbons (Fsp3) is 0.591. The molecule has 2 heterocycles. The number of amides is 1. The summed E-state index contributed by atoms with van der Waals surface area (Å²) in [6, 6.07) is 5.73. The number of benzene rings is 1. The standard InChI is InChI=1S/C22H32BNO6/c1-20(2,3)28-19(25)24-14-16(23-29-21(4,5)22(6,7)30-23)12-15-8-9-17-18(13-15)27-11-10-26-17/h8-9,12-13H,10-11,14H2,1-7H3,(H,24,25). The highest BCUT2D eigenvalue weighted by atomic mass is 16.7. The zero-order valence-electron chi connectivity index (χ0n) is 19.0. The van der Waals surface area contributed by atoms with Gasteiger partial charge in [0, 0.05) is 6.54 Å². The van der Waals surface area contributed by atoms with Crippen molar-refractivity contribution in [2.45, 2.75) is 65.3 Å². The third-order valence-electron chi connectivity index (χ3n) is 5.31. The second-order valence-electron chi connectivity index (χ2n) is 9.57. The van der Waals surface area contributed by atoms with E-state index in [2.05, 4.69) is 5.32 Å². The van der Waals surface area contributed by atoms with Crippen LogP contribution in [0.5, 0.6) is 11.5 Å². The van der Waals surface area contributed by atoms with Crippen LogP contribution in [0.3, 0.4) is 0 Å². The predicted molar refractivity (Wildman–Crippen MR) is 116 cm³/mol. The van der Waals surface area contributed by atoms with Gasteiger partial charge in [-0.25, -0.2) is 4.79 Å². The van der Waals surface area contributed by atoms with Gasteiger partial charge < -0.3 is 28.8 Å². The van der Waals surface area contributed by atoms with Crippen molar-refractivity contribution in [1.29, 1.82) is 0 Å². The van der Waals surface area contributed by atoms with Crippen molar-refractivity contribution in [2.75, 3.05) is 19.8 Å². The van der Waals surface area contributed by atoms with Gasteiger partial charge in [-0.2, -0.15) is 0 Å². The first-order chi connectivity index (χ1) is 13.9. The molecule has 0 aliphatic carbocycles. The second kappa shape index (κ2) is 8.15. The molecule has 1 aromatic carbocycles. The number of ether oxygens (including phenoxy) is 3. The maximum atomic E-state index is 12.2. The molecule has 1 N–H and O–H groups in total. The molecule has 0 spiro atoms. The smallest absolute Gasteiger partial charge is 0.486 e. The van der Waals surface area contributed by atoms with Gasteiger partial charge in [0.1, 0.15) is 18.8 Å². The molecule has 2 aliphatic rings. The Morgan fingerprint density at radius 1 is 1.10 bits per heavy atom. The lowest BCUT2D eigenvalue weighted by Crippen LogP contribution is -2.41. The zero-order chi connectivity index (χ0) is 22.2. The topological polar surface area (TPSA) is 75.3 Å². The molecule has 1 aromatic rings. The van der Waals surface area contributed by atoms with Gasteiger partial charge in [0.15, 0.2) is 11.5 Å². The van der Waals surface area contributed by atoms with Gasteiger partial charge in [-0.3, -0.25) is 0 Å². The van der Waals surface area contributed by atoms with Crippen molar-refractivity contribution in [3.05, 3.63) is 29.2 Å². The Bertz CT molecular complexity index is 811. The number of rotatable bonds is 4. The first-order valence-electron chi connectivity index (χ1n) is 10.3. The Balaban J connectivity index is 1.84. The van der Waals surface area contributed by atoms with Crippen molar-refractivity contribution in [2.24, 2.45) is 0 Å². The minimum absolute atomic E-state index is 0.222. The third kappa shape index (κ3) is 5.29. The number of carbonyl (C=O) groups excluding carboxylic acids is 1. The van der Waals surface area contributed by atoms with Crippen molar-refractivity contribution in [1.82, 2.24) is 5.32 Å². The van der Waals surface area contributed by atoms with Gasteiger partial charge in [0.25, 0.3) is 0 Å². The average molecular weight is 417 g/mol. The minimum atomic E-state index is -0.599. The van der Waals surface area contributed by atoms with E-state index in [4.69, 9.17) is 23.5 Å². The van der Waals surface area contributed by atoms with Gasteiger partial charge in [0.2, 0.25) is 0 Å². The Hall–Kier alpha value is -2.19. The minimum Gasteiger partial charge on any atom is -0.486 e. The lowest BCUT2D eigenvalue weighted by Gasteiger charge is -2.32. The van der Waals surface area contributed by atoms with Crippen LogP contribution in [0.2, 0.25) is 0 Å². The summed E-state index contributed by atoms with van der Waals surface area (Å²) in [5, 5.41) is 2.81. The Morgan fingerprint density at radius 3 is 2.30 bits per heavy atom. The second-order valence-corrected chi connectivity index (χ2v) is 9.57. The Labute approximate surface area is 179 Å². The van der Waals surface area contributed by atoms with Crippen LogP contribution in [0.15, 0.2) is 23.7 Å². The molecule has 0 saturated carbocycles. The van der Waals surface area contributed by atoms with Crippen LogP contribution in [0.4, 0.5) is 4.79 Å². The summed E-state index contributed by atoms with van der Waals surface area (Å²) in [7, 11) is -0.599. The number of hydrogen-bond donors (Lipinski definition) is 1. The van der Waals surface area contributed by atoms with Gasteiger partial charge in [-0.15, -0.1) is 0 Å². The summed E-state index contributed by atoms with van der Waals surface area (Å²) in [4.78, 5) is 12.2. The van der Waals surface area contributed by atoms with E-state index >= 15 is 0 Å². The van der Waals surface area contributed by atoms with E-state index in [0.29, 0.717) is 19.0 Å². The summed E-state index contributed by atoms with van der Waals surface area (Å²) >= 11 is 0. The van der Waals surface area contributed by atoms with Crippen LogP contribution in [0.1, 0.15) is 54.0 Å². The molecule has 30 heavy (non-hydrogen) atoms. The summed E-state index contributed by atoms with van der Waals surface area (Å²) < 4.78 is 29.1. The first-order valence-corrected chi connectivity index (χ1v) is 10.3. The quantitative estimate of drug-likeness (QED) is 0.747. The molecule has 0 aromatic heterocycles. The summed E-state index contributed by atoms with van der Waals surface area (Å²) in [5.41, 5.74) is 0.116. The van der Waals surface area contributed by atoms with Gasteiger partial charge in [-0.05, 0) is 71.6 Å². The first kappa shape index (κ1) is 22.5. The number of carbonyl (C=O) groups is 1. The monoisotopic (exact) mass is 417 g/mol. The SMILES string of the molecule is CC(C)(C)OC(=O)NCC(=Cc1ccc2c(c1)OCCO2)B1OC(C)(C)C(C)(C)O1. The normalized spacial score (nSPS) is 20.1. The van der Waals surface area contributed by atoms with Crippen LogP contribution in [-0.4, -0.2) is 49.8 Å². The van der Waals surface area contributed by atoms with Gasteiger partial charge >= 0.3 is 13.2 Å². The van der Waals surface area contributed by atoms with Crippen LogP contribution in [0.25, 0.3) is 6.08 Å². The molecule has 2 aliphatic heterocycles. The molecule has 0 radical (unpaired) electrons. The van der Waals surface area contributed by atoms with E-state index in [1.54, 1.807) is 0 Å². The van der Waals surface area contributed by atoms with Gasteiger partial charge in [-0.1, -0.05) is 12.1 Å². The molecule has 1 amide bonds. The fourth-order valence-corrected chi connectivity index (χ4v) is 3.05. The Kier molecular flexibility index (Phi) is 6.11. The molecule has 0 bridgehead atoms. The summed E-state index contributed by atoms with van der Waals surface area (Å²) in [6.45, 7) is 14.7. The van der Waals surface area contributed by atoms with Crippen molar-refractivity contribution in [3.63, 3.8) is 0 Å².